The minimum atomic E-state index is -3.68. The van der Waals surface area contributed by atoms with Gasteiger partial charge in [-0.15, -0.1) is 10.2 Å². The maximum absolute atomic E-state index is 12.1. The number of carbonyl (C=O) groups excluding carboxylic acids is 1. The van der Waals surface area contributed by atoms with Crippen molar-refractivity contribution in [3.8, 4) is 0 Å². The van der Waals surface area contributed by atoms with Gasteiger partial charge in [-0.2, -0.15) is 4.31 Å². The first-order valence-corrected chi connectivity index (χ1v) is 7.82. The van der Waals surface area contributed by atoms with Crippen molar-refractivity contribution >= 4 is 32.4 Å². The maximum Gasteiger partial charge on any atom is 0.272 e. The molecule has 0 spiro atoms. The van der Waals surface area contributed by atoms with Crippen molar-refractivity contribution in [1.82, 2.24) is 14.5 Å². The molecule has 1 aromatic rings. The van der Waals surface area contributed by atoms with Gasteiger partial charge in [0.2, 0.25) is 15.4 Å². The normalized spacial score (nSPS) is 13.5. The van der Waals surface area contributed by atoms with Gasteiger partial charge < -0.3 is 11.1 Å². The summed E-state index contributed by atoms with van der Waals surface area (Å²) in [5.74, 6) is -0.328. The van der Waals surface area contributed by atoms with Crippen LogP contribution in [0, 0.1) is 0 Å². The molecule has 0 aliphatic heterocycles. The van der Waals surface area contributed by atoms with Crippen LogP contribution >= 0.6 is 11.3 Å². The van der Waals surface area contributed by atoms with Crippen LogP contribution in [0.15, 0.2) is 4.34 Å². The Bertz CT molecular complexity index is 540. The molecular weight excluding hydrogens is 290 g/mol. The van der Waals surface area contributed by atoms with E-state index >= 15 is 0 Å². The van der Waals surface area contributed by atoms with Crippen molar-refractivity contribution < 1.29 is 13.2 Å². The lowest BCUT2D eigenvalue weighted by molar-refractivity contribution is -0.114. The molecule has 0 fully saturated rings. The van der Waals surface area contributed by atoms with Gasteiger partial charge in [0.05, 0.1) is 0 Å². The number of nitrogens with two attached hydrogens (primary N) is 1. The second kappa shape index (κ2) is 6.37. The van der Waals surface area contributed by atoms with E-state index in [4.69, 9.17) is 5.73 Å². The molecule has 1 heterocycles. The van der Waals surface area contributed by atoms with E-state index in [9.17, 15) is 13.2 Å². The van der Waals surface area contributed by atoms with Crippen LogP contribution in [0.5, 0.6) is 0 Å². The van der Waals surface area contributed by atoms with E-state index in [0.717, 1.165) is 11.3 Å². The molecule has 8 nitrogen and oxygen atoms in total. The average Bonchev–Trinajstić information content (AvgIpc) is 2.73. The number of nitrogens with zero attached hydrogens (tertiary/aromatic N) is 3. The van der Waals surface area contributed by atoms with Crippen molar-refractivity contribution in [2.75, 3.05) is 18.9 Å². The Kier molecular flexibility index (Phi) is 5.35. The van der Waals surface area contributed by atoms with Gasteiger partial charge in [0, 0.05) is 26.6 Å². The van der Waals surface area contributed by atoms with E-state index in [1.807, 2.05) is 0 Å². The topological polar surface area (TPSA) is 118 Å². The predicted octanol–water partition coefficient (Wildman–Crippen LogP) is -0.146. The fourth-order valence-corrected chi connectivity index (χ4v) is 3.47. The standard InChI is InChI=1S/C9H17N5O3S2/c1-6(10)4-5-14(3)19(16,17)9-13-12-8(18-9)11-7(2)15/h6H,4-5,10H2,1-3H3,(H,11,12,15). The largest absolute Gasteiger partial charge is 0.328 e. The van der Waals surface area contributed by atoms with Crippen molar-refractivity contribution in [3.63, 3.8) is 0 Å². The van der Waals surface area contributed by atoms with Crippen molar-refractivity contribution in [3.05, 3.63) is 0 Å². The molecule has 0 saturated carbocycles. The first-order chi connectivity index (χ1) is 8.73. The number of carbonyl (C=O) groups is 1. The molecule has 1 rings (SSSR count). The molecule has 1 atom stereocenters. The summed E-state index contributed by atoms with van der Waals surface area (Å²) in [6, 6.07) is -0.0815. The molecule has 0 saturated heterocycles. The van der Waals surface area contributed by atoms with Crippen molar-refractivity contribution in [1.29, 1.82) is 0 Å². The van der Waals surface area contributed by atoms with E-state index in [1.165, 1.54) is 18.3 Å². The molecule has 1 unspecified atom stereocenters. The van der Waals surface area contributed by atoms with Crippen LogP contribution in [-0.4, -0.2) is 48.5 Å². The Hall–Kier alpha value is -1.10. The number of amides is 1. The number of hydrogen-bond donors (Lipinski definition) is 2. The molecule has 10 heteroatoms. The highest BCUT2D eigenvalue weighted by atomic mass is 32.2. The van der Waals surface area contributed by atoms with Gasteiger partial charge in [0.15, 0.2) is 0 Å². The summed E-state index contributed by atoms with van der Waals surface area (Å²) in [4.78, 5) is 10.8. The van der Waals surface area contributed by atoms with E-state index in [1.54, 1.807) is 6.92 Å². The monoisotopic (exact) mass is 307 g/mol. The fourth-order valence-electron chi connectivity index (χ4n) is 1.15. The van der Waals surface area contributed by atoms with Gasteiger partial charge in [-0.3, -0.25) is 4.79 Å². The number of aromatic nitrogens is 2. The molecule has 1 aromatic heterocycles. The molecule has 0 radical (unpaired) electrons. The average molecular weight is 307 g/mol. The van der Waals surface area contributed by atoms with Crippen LogP contribution < -0.4 is 11.1 Å². The lowest BCUT2D eigenvalue weighted by atomic mass is 10.2. The molecule has 3 N–H and O–H groups in total. The SMILES string of the molecule is CC(=O)Nc1nnc(S(=O)(=O)N(C)CCC(C)N)s1. The molecule has 0 aliphatic rings. The maximum atomic E-state index is 12.1. The Morgan fingerprint density at radius 2 is 2.16 bits per heavy atom. The summed E-state index contributed by atoms with van der Waals surface area (Å²) in [7, 11) is -2.22. The van der Waals surface area contributed by atoms with Crippen LogP contribution in [0.1, 0.15) is 20.3 Å². The van der Waals surface area contributed by atoms with Gasteiger partial charge >= 0.3 is 0 Å². The molecule has 108 valence electrons. The van der Waals surface area contributed by atoms with Crippen molar-refractivity contribution in [2.45, 2.75) is 30.6 Å². The van der Waals surface area contributed by atoms with E-state index < -0.39 is 10.0 Å². The Balaban J connectivity index is 2.81. The quantitative estimate of drug-likeness (QED) is 0.706. The van der Waals surface area contributed by atoms with E-state index in [0.29, 0.717) is 13.0 Å². The summed E-state index contributed by atoms with van der Waals surface area (Å²) >= 11 is 0.816. The molecule has 0 aliphatic carbocycles. The zero-order valence-corrected chi connectivity index (χ0v) is 12.6. The van der Waals surface area contributed by atoms with Crippen LogP contribution in [0.2, 0.25) is 0 Å². The summed E-state index contributed by atoms with van der Waals surface area (Å²) in [5, 5.41) is 9.74. The summed E-state index contributed by atoms with van der Waals surface area (Å²) < 4.78 is 25.3. The number of rotatable bonds is 6. The molecule has 19 heavy (non-hydrogen) atoms. The number of hydrogen-bond acceptors (Lipinski definition) is 7. The van der Waals surface area contributed by atoms with Crippen LogP contribution in [0.25, 0.3) is 0 Å². The summed E-state index contributed by atoms with van der Waals surface area (Å²) in [5.41, 5.74) is 5.59. The smallest absolute Gasteiger partial charge is 0.272 e. The second-order valence-electron chi connectivity index (χ2n) is 4.15. The predicted molar refractivity (Wildman–Crippen MR) is 72.3 cm³/mol. The lowest BCUT2D eigenvalue weighted by Crippen LogP contribution is -2.31. The Labute approximate surface area is 116 Å². The van der Waals surface area contributed by atoms with Crippen molar-refractivity contribution in [2.24, 2.45) is 5.73 Å². The third-order valence-electron chi connectivity index (χ3n) is 2.22. The van der Waals surface area contributed by atoms with Crippen LogP contribution in [0.4, 0.5) is 5.13 Å². The third-order valence-corrected chi connectivity index (χ3v) is 5.26. The second-order valence-corrected chi connectivity index (χ2v) is 7.34. The van der Waals surface area contributed by atoms with Crippen LogP contribution in [-0.2, 0) is 14.8 Å². The number of nitrogens with one attached hydrogen (secondary N) is 1. The highest BCUT2D eigenvalue weighted by Gasteiger charge is 2.25. The summed E-state index contributed by atoms with van der Waals surface area (Å²) in [6.45, 7) is 3.42. The van der Waals surface area contributed by atoms with Gasteiger partial charge in [0.1, 0.15) is 0 Å². The van der Waals surface area contributed by atoms with E-state index in [-0.39, 0.29) is 21.4 Å². The summed E-state index contributed by atoms with van der Waals surface area (Å²) in [6.07, 6.45) is 0.549. The van der Waals surface area contributed by atoms with Gasteiger partial charge in [-0.25, -0.2) is 8.42 Å². The number of anilines is 1. The minimum Gasteiger partial charge on any atom is -0.328 e. The fraction of sp³-hybridized carbons (Fsp3) is 0.667. The third kappa shape index (κ3) is 4.49. The molecule has 1 amide bonds. The Morgan fingerprint density at radius 1 is 1.53 bits per heavy atom. The van der Waals surface area contributed by atoms with Crippen LogP contribution in [0.3, 0.4) is 0 Å². The minimum absolute atomic E-state index is 0.0815. The zero-order valence-electron chi connectivity index (χ0n) is 11.0. The lowest BCUT2D eigenvalue weighted by Gasteiger charge is -2.15. The molecule has 0 aromatic carbocycles. The highest BCUT2D eigenvalue weighted by molar-refractivity contribution is 7.91. The highest BCUT2D eigenvalue weighted by Crippen LogP contribution is 2.22. The van der Waals surface area contributed by atoms with E-state index in [2.05, 4.69) is 15.5 Å². The van der Waals surface area contributed by atoms with Gasteiger partial charge in [-0.1, -0.05) is 11.3 Å². The zero-order chi connectivity index (χ0) is 14.6. The first kappa shape index (κ1) is 16.0. The van der Waals surface area contributed by atoms with Gasteiger partial charge in [-0.05, 0) is 13.3 Å². The van der Waals surface area contributed by atoms with Gasteiger partial charge in [0.25, 0.3) is 10.0 Å². The first-order valence-electron chi connectivity index (χ1n) is 5.56. The number of sulfonamides is 1. The Morgan fingerprint density at radius 3 is 2.68 bits per heavy atom. The molecular formula is C9H17N5O3S2. The molecule has 0 bridgehead atoms.